The topological polar surface area (TPSA) is 63.5 Å². The third kappa shape index (κ3) is 2.14. The van der Waals surface area contributed by atoms with Gasteiger partial charge in [-0.05, 0) is 20.8 Å². The van der Waals surface area contributed by atoms with E-state index in [2.05, 4.69) is 27.6 Å². The molecule has 3 heterocycles. The summed E-state index contributed by atoms with van der Waals surface area (Å²) in [5, 5.41) is 11.5. The highest BCUT2D eigenvalue weighted by Gasteiger charge is 2.27. The molecule has 6 nitrogen and oxygen atoms in total. The first-order valence-electron chi connectivity index (χ1n) is 6.93. The summed E-state index contributed by atoms with van der Waals surface area (Å²) in [7, 11) is 1.75. The highest BCUT2D eigenvalue weighted by Crippen LogP contribution is 2.20. The number of ether oxygens (including phenoxy) is 1. The summed E-state index contributed by atoms with van der Waals surface area (Å²) < 4.78 is 7.39. The number of hydrogen-bond acceptors (Lipinski definition) is 5. The predicted molar refractivity (Wildman–Crippen MR) is 78.3 cm³/mol. The summed E-state index contributed by atoms with van der Waals surface area (Å²) in [5.74, 6) is 0.972. The second-order valence-electron chi connectivity index (χ2n) is 5.41. The molecule has 20 heavy (non-hydrogen) atoms. The molecule has 0 saturated carbocycles. The SMILES string of the molecule is COC1CNCC1Nc1cc(C)nc2c(C)c(C)nn12. The van der Waals surface area contributed by atoms with Crippen LogP contribution in [0.15, 0.2) is 6.07 Å². The van der Waals surface area contributed by atoms with E-state index in [0.717, 1.165) is 41.5 Å². The Morgan fingerprint density at radius 2 is 2.15 bits per heavy atom. The molecule has 1 aliphatic heterocycles. The normalized spacial score (nSPS) is 22.6. The smallest absolute Gasteiger partial charge is 0.160 e. The molecule has 1 saturated heterocycles. The van der Waals surface area contributed by atoms with Gasteiger partial charge in [0.05, 0.1) is 17.8 Å². The van der Waals surface area contributed by atoms with E-state index in [1.54, 1.807) is 7.11 Å². The Hall–Kier alpha value is -1.66. The summed E-state index contributed by atoms with van der Waals surface area (Å²) in [5.41, 5.74) is 4.05. The van der Waals surface area contributed by atoms with Crippen LogP contribution in [0.1, 0.15) is 17.0 Å². The minimum absolute atomic E-state index is 0.177. The van der Waals surface area contributed by atoms with Crippen molar-refractivity contribution in [3.05, 3.63) is 23.0 Å². The fourth-order valence-corrected chi connectivity index (χ4v) is 2.69. The maximum absolute atomic E-state index is 5.50. The standard InChI is InChI=1S/C14H21N5O/c1-8-5-13(17-11-6-15-7-12(11)20-4)19-14(16-8)9(2)10(3)18-19/h5,11-12,15,17H,6-7H2,1-4H3. The third-order valence-electron chi connectivity index (χ3n) is 3.98. The third-order valence-corrected chi connectivity index (χ3v) is 3.98. The number of fused-ring (bicyclic) bond motifs is 1. The minimum Gasteiger partial charge on any atom is -0.378 e. The van der Waals surface area contributed by atoms with Crippen molar-refractivity contribution >= 4 is 11.5 Å². The molecule has 2 unspecified atom stereocenters. The van der Waals surface area contributed by atoms with Crippen LogP contribution in [0.5, 0.6) is 0 Å². The predicted octanol–water partition coefficient (Wildman–Crippen LogP) is 1.05. The van der Waals surface area contributed by atoms with E-state index in [1.165, 1.54) is 0 Å². The highest BCUT2D eigenvalue weighted by molar-refractivity contribution is 5.56. The van der Waals surface area contributed by atoms with Gasteiger partial charge >= 0.3 is 0 Å². The molecule has 2 aromatic heterocycles. The van der Waals surface area contributed by atoms with Crippen molar-refractivity contribution in [3.63, 3.8) is 0 Å². The van der Waals surface area contributed by atoms with Crippen molar-refractivity contribution < 1.29 is 4.74 Å². The van der Waals surface area contributed by atoms with E-state index in [4.69, 9.17) is 4.74 Å². The van der Waals surface area contributed by atoms with Crippen LogP contribution < -0.4 is 10.6 Å². The van der Waals surface area contributed by atoms with E-state index in [9.17, 15) is 0 Å². The van der Waals surface area contributed by atoms with Gasteiger partial charge in [-0.3, -0.25) is 0 Å². The van der Waals surface area contributed by atoms with Gasteiger partial charge in [0, 0.05) is 37.5 Å². The second kappa shape index (κ2) is 5.03. The molecule has 108 valence electrons. The molecule has 0 amide bonds. The molecule has 6 heteroatoms. The van der Waals surface area contributed by atoms with Crippen LogP contribution in [0.3, 0.4) is 0 Å². The first kappa shape index (κ1) is 13.3. The van der Waals surface area contributed by atoms with Crippen molar-refractivity contribution in [1.82, 2.24) is 19.9 Å². The monoisotopic (exact) mass is 275 g/mol. The zero-order valence-corrected chi connectivity index (χ0v) is 12.4. The number of aryl methyl sites for hydroxylation is 3. The van der Waals surface area contributed by atoms with E-state index in [1.807, 2.05) is 24.4 Å². The van der Waals surface area contributed by atoms with Gasteiger partial charge in [-0.25, -0.2) is 4.98 Å². The Balaban J connectivity index is 2.00. The van der Waals surface area contributed by atoms with Gasteiger partial charge in [0.15, 0.2) is 5.65 Å². The summed E-state index contributed by atoms with van der Waals surface area (Å²) in [6, 6.07) is 2.28. The van der Waals surface area contributed by atoms with Crippen LogP contribution in [0.2, 0.25) is 0 Å². The van der Waals surface area contributed by atoms with Gasteiger partial charge in [-0.15, -0.1) is 0 Å². The fraction of sp³-hybridized carbons (Fsp3) is 0.571. The van der Waals surface area contributed by atoms with Crippen molar-refractivity contribution in [2.24, 2.45) is 0 Å². The molecular formula is C14H21N5O. The van der Waals surface area contributed by atoms with Gasteiger partial charge in [-0.1, -0.05) is 0 Å². The zero-order chi connectivity index (χ0) is 14.3. The minimum atomic E-state index is 0.177. The molecule has 2 aromatic rings. The summed E-state index contributed by atoms with van der Waals surface area (Å²) in [6.45, 7) is 7.84. The van der Waals surface area contributed by atoms with Gasteiger partial charge in [0.1, 0.15) is 5.82 Å². The van der Waals surface area contributed by atoms with Crippen molar-refractivity contribution in [3.8, 4) is 0 Å². The average Bonchev–Trinajstić information content (AvgIpc) is 2.97. The number of nitrogens with zero attached hydrogens (tertiary/aromatic N) is 3. The summed E-state index contributed by atoms with van der Waals surface area (Å²) in [4.78, 5) is 4.58. The van der Waals surface area contributed by atoms with Crippen LogP contribution in [0.4, 0.5) is 5.82 Å². The van der Waals surface area contributed by atoms with Crippen LogP contribution in [-0.4, -0.2) is 46.9 Å². The Bertz CT molecular complexity index is 636. The number of nitrogens with one attached hydrogen (secondary N) is 2. The molecule has 2 N–H and O–H groups in total. The number of methoxy groups -OCH3 is 1. The first-order valence-corrected chi connectivity index (χ1v) is 6.93. The molecule has 2 atom stereocenters. The lowest BCUT2D eigenvalue weighted by molar-refractivity contribution is 0.111. The van der Waals surface area contributed by atoms with Gasteiger partial charge in [0.25, 0.3) is 0 Å². The van der Waals surface area contributed by atoms with Crippen molar-refractivity contribution in [1.29, 1.82) is 0 Å². The van der Waals surface area contributed by atoms with Gasteiger partial charge in [0.2, 0.25) is 0 Å². The van der Waals surface area contributed by atoms with Crippen LogP contribution in [-0.2, 0) is 4.74 Å². The maximum Gasteiger partial charge on any atom is 0.160 e. The molecule has 0 aromatic carbocycles. The lowest BCUT2D eigenvalue weighted by Crippen LogP contribution is -2.34. The molecule has 1 fully saturated rings. The highest BCUT2D eigenvalue weighted by atomic mass is 16.5. The maximum atomic E-state index is 5.50. The Labute approximate surface area is 118 Å². The molecule has 3 rings (SSSR count). The summed E-state index contributed by atoms with van der Waals surface area (Å²) in [6.07, 6.45) is 0.177. The van der Waals surface area contributed by atoms with Gasteiger partial charge < -0.3 is 15.4 Å². The Morgan fingerprint density at radius 1 is 1.35 bits per heavy atom. The fourth-order valence-electron chi connectivity index (χ4n) is 2.69. The van der Waals surface area contributed by atoms with E-state index < -0.39 is 0 Å². The van der Waals surface area contributed by atoms with E-state index in [-0.39, 0.29) is 12.1 Å². The Kier molecular flexibility index (Phi) is 3.35. The lowest BCUT2D eigenvalue weighted by Gasteiger charge is -2.20. The Morgan fingerprint density at radius 3 is 2.90 bits per heavy atom. The van der Waals surface area contributed by atoms with Gasteiger partial charge in [-0.2, -0.15) is 9.61 Å². The molecule has 0 spiro atoms. The molecule has 0 radical (unpaired) electrons. The first-order chi connectivity index (χ1) is 9.60. The average molecular weight is 275 g/mol. The summed E-state index contributed by atoms with van der Waals surface area (Å²) >= 11 is 0. The molecular weight excluding hydrogens is 254 g/mol. The quantitative estimate of drug-likeness (QED) is 0.877. The number of aromatic nitrogens is 3. The molecule has 1 aliphatic rings. The van der Waals surface area contributed by atoms with Crippen LogP contribution in [0.25, 0.3) is 5.65 Å². The van der Waals surface area contributed by atoms with E-state index >= 15 is 0 Å². The van der Waals surface area contributed by atoms with E-state index in [0.29, 0.717) is 0 Å². The molecule has 0 aliphatic carbocycles. The van der Waals surface area contributed by atoms with Crippen LogP contribution >= 0.6 is 0 Å². The number of rotatable bonds is 3. The molecule has 0 bridgehead atoms. The number of hydrogen-bond donors (Lipinski definition) is 2. The van der Waals surface area contributed by atoms with Crippen molar-refractivity contribution in [2.75, 3.05) is 25.5 Å². The lowest BCUT2D eigenvalue weighted by atomic mass is 10.2. The van der Waals surface area contributed by atoms with Crippen molar-refractivity contribution in [2.45, 2.75) is 32.9 Å². The second-order valence-corrected chi connectivity index (χ2v) is 5.41. The number of anilines is 1. The van der Waals surface area contributed by atoms with Crippen LogP contribution in [0, 0.1) is 20.8 Å². The largest absolute Gasteiger partial charge is 0.378 e. The zero-order valence-electron chi connectivity index (χ0n) is 12.4.